The highest BCUT2D eigenvalue weighted by atomic mass is 16.3. The highest BCUT2D eigenvalue weighted by Crippen LogP contribution is 2.49. The topological polar surface area (TPSA) is 52.9 Å². The standard InChI is InChI=1S/C21H22N2O2/c1-12-9-16-13(2)11-21(3,4)23-19(16)17(10-12)18(20(23)25)22-14-5-7-15(24)8-6-14/h5-10,13,24H,11H2,1-4H3/t13-/m0/s1. The van der Waals surface area contributed by atoms with Gasteiger partial charge >= 0.3 is 0 Å². The summed E-state index contributed by atoms with van der Waals surface area (Å²) in [5.41, 5.74) is 5.26. The summed E-state index contributed by atoms with van der Waals surface area (Å²) in [5, 5.41) is 9.46. The smallest absolute Gasteiger partial charge is 0.278 e. The molecule has 2 aliphatic heterocycles. The summed E-state index contributed by atoms with van der Waals surface area (Å²) in [6.07, 6.45) is 0.932. The van der Waals surface area contributed by atoms with Crippen molar-refractivity contribution in [2.75, 3.05) is 4.90 Å². The number of rotatable bonds is 1. The molecule has 1 N–H and O–H groups in total. The zero-order chi connectivity index (χ0) is 17.9. The Labute approximate surface area is 147 Å². The Bertz CT molecular complexity index is 910. The quantitative estimate of drug-likeness (QED) is 0.837. The van der Waals surface area contributed by atoms with E-state index >= 15 is 0 Å². The fraction of sp³-hybridized carbons (Fsp3) is 0.333. The molecule has 0 spiro atoms. The van der Waals surface area contributed by atoms with E-state index in [0.29, 0.717) is 17.3 Å². The number of hydrogen-bond acceptors (Lipinski definition) is 3. The van der Waals surface area contributed by atoms with Crippen molar-refractivity contribution in [1.29, 1.82) is 0 Å². The zero-order valence-corrected chi connectivity index (χ0v) is 15.0. The van der Waals surface area contributed by atoms with Gasteiger partial charge in [-0.1, -0.05) is 18.6 Å². The second kappa shape index (κ2) is 5.19. The predicted molar refractivity (Wildman–Crippen MR) is 100 cm³/mol. The van der Waals surface area contributed by atoms with Crippen molar-refractivity contribution in [2.45, 2.75) is 45.6 Å². The summed E-state index contributed by atoms with van der Waals surface area (Å²) in [5.74, 6) is 0.558. The minimum atomic E-state index is -0.236. The Morgan fingerprint density at radius 3 is 2.56 bits per heavy atom. The van der Waals surface area contributed by atoms with Gasteiger partial charge in [0.2, 0.25) is 0 Å². The van der Waals surface area contributed by atoms with Crippen molar-refractivity contribution < 1.29 is 9.90 Å². The predicted octanol–water partition coefficient (Wildman–Crippen LogP) is 4.45. The molecule has 2 heterocycles. The molecule has 4 rings (SSSR count). The van der Waals surface area contributed by atoms with Gasteiger partial charge in [0.1, 0.15) is 11.5 Å². The first-order valence-electron chi connectivity index (χ1n) is 8.65. The van der Waals surface area contributed by atoms with Gasteiger partial charge in [-0.3, -0.25) is 4.79 Å². The number of aromatic hydroxyl groups is 1. The summed E-state index contributed by atoms with van der Waals surface area (Å²) < 4.78 is 0. The molecule has 0 radical (unpaired) electrons. The molecule has 128 valence electrons. The highest BCUT2D eigenvalue weighted by molar-refractivity contribution is 6.55. The number of phenols is 1. The summed E-state index contributed by atoms with van der Waals surface area (Å²) in [4.78, 5) is 19.8. The second-order valence-corrected chi connectivity index (χ2v) is 7.79. The molecule has 4 nitrogen and oxygen atoms in total. The van der Waals surface area contributed by atoms with Crippen LogP contribution < -0.4 is 4.90 Å². The second-order valence-electron chi connectivity index (χ2n) is 7.79. The van der Waals surface area contributed by atoms with Crippen molar-refractivity contribution >= 4 is 23.0 Å². The molecule has 1 amide bonds. The van der Waals surface area contributed by atoms with Crippen LogP contribution >= 0.6 is 0 Å². The van der Waals surface area contributed by atoms with Crippen LogP contribution in [0.2, 0.25) is 0 Å². The number of aliphatic imine (C=N–C) groups is 1. The van der Waals surface area contributed by atoms with E-state index in [1.54, 1.807) is 24.3 Å². The third-order valence-electron chi connectivity index (χ3n) is 5.20. The number of carbonyl (C=O) groups excluding carboxylic acids is 1. The Morgan fingerprint density at radius 2 is 1.88 bits per heavy atom. The first-order chi connectivity index (χ1) is 11.8. The number of phenolic OH excluding ortho intramolecular Hbond substituents is 1. The largest absolute Gasteiger partial charge is 0.508 e. The average Bonchev–Trinajstić information content (AvgIpc) is 2.80. The van der Waals surface area contributed by atoms with E-state index in [-0.39, 0.29) is 17.2 Å². The molecular formula is C21H22N2O2. The molecule has 0 fully saturated rings. The van der Waals surface area contributed by atoms with Gasteiger partial charge < -0.3 is 10.0 Å². The Balaban J connectivity index is 1.95. The van der Waals surface area contributed by atoms with E-state index in [9.17, 15) is 9.90 Å². The molecule has 0 saturated heterocycles. The lowest BCUT2D eigenvalue weighted by atomic mass is 9.80. The zero-order valence-electron chi connectivity index (χ0n) is 15.0. The molecule has 0 bridgehead atoms. The van der Waals surface area contributed by atoms with Crippen LogP contribution in [0.4, 0.5) is 11.4 Å². The third kappa shape index (κ3) is 2.36. The number of hydrogen-bond donors (Lipinski definition) is 1. The molecule has 0 aromatic heterocycles. The molecule has 0 unspecified atom stereocenters. The van der Waals surface area contributed by atoms with Gasteiger partial charge in [-0.25, -0.2) is 4.99 Å². The van der Waals surface area contributed by atoms with Crippen molar-refractivity contribution in [1.82, 2.24) is 0 Å². The van der Waals surface area contributed by atoms with Gasteiger partial charge in [0, 0.05) is 11.1 Å². The number of carbonyl (C=O) groups is 1. The van der Waals surface area contributed by atoms with Crippen LogP contribution in [0.1, 0.15) is 49.8 Å². The molecule has 2 aromatic carbocycles. The molecule has 2 aromatic rings. The third-order valence-corrected chi connectivity index (χ3v) is 5.20. The van der Waals surface area contributed by atoms with Crippen LogP contribution in [0.3, 0.4) is 0 Å². The van der Waals surface area contributed by atoms with Crippen molar-refractivity contribution in [3.05, 3.63) is 53.1 Å². The van der Waals surface area contributed by atoms with Gasteiger partial charge in [-0.2, -0.15) is 0 Å². The van der Waals surface area contributed by atoms with E-state index in [0.717, 1.165) is 23.2 Å². The minimum Gasteiger partial charge on any atom is -0.508 e. The maximum atomic E-state index is 13.2. The minimum absolute atomic E-state index is 0.0353. The Kier molecular flexibility index (Phi) is 3.29. The number of nitrogens with zero attached hydrogens (tertiary/aromatic N) is 2. The Hall–Kier alpha value is -2.62. The van der Waals surface area contributed by atoms with Gasteiger partial charge in [-0.05, 0) is 69.0 Å². The lowest BCUT2D eigenvalue weighted by Crippen LogP contribution is -2.50. The van der Waals surface area contributed by atoms with Crippen LogP contribution in [0, 0.1) is 6.92 Å². The lowest BCUT2D eigenvalue weighted by Gasteiger charge is -2.43. The first-order valence-corrected chi connectivity index (χ1v) is 8.65. The normalized spacial score (nSPS) is 22.4. The average molecular weight is 334 g/mol. The van der Waals surface area contributed by atoms with E-state index in [1.165, 1.54) is 5.56 Å². The molecule has 1 atom stereocenters. The molecule has 25 heavy (non-hydrogen) atoms. The van der Waals surface area contributed by atoms with Gasteiger partial charge in [0.05, 0.1) is 11.4 Å². The maximum absolute atomic E-state index is 13.2. The van der Waals surface area contributed by atoms with Gasteiger partial charge in [-0.15, -0.1) is 0 Å². The van der Waals surface area contributed by atoms with E-state index < -0.39 is 0 Å². The van der Waals surface area contributed by atoms with Crippen LogP contribution in [0.5, 0.6) is 5.75 Å². The van der Waals surface area contributed by atoms with Gasteiger partial charge in [0.15, 0.2) is 0 Å². The van der Waals surface area contributed by atoms with Crippen LogP contribution in [0.15, 0.2) is 41.4 Å². The van der Waals surface area contributed by atoms with Crippen LogP contribution in [-0.4, -0.2) is 22.3 Å². The van der Waals surface area contributed by atoms with Crippen molar-refractivity contribution in [3.8, 4) is 5.75 Å². The van der Waals surface area contributed by atoms with Crippen LogP contribution in [-0.2, 0) is 4.79 Å². The first kappa shape index (κ1) is 15.9. The summed E-state index contributed by atoms with van der Waals surface area (Å²) >= 11 is 0. The number of anilines is 1. The summed E-state index contributed by atoms with van der Waals surface area (Å²) in [6, 6.07) is 10.9. The van der Waals surface area contributed by atoms with E-state index in [2.05, 4.69) is 44.8 Å². The molecule has 0 saturated carbocycles. The number of aryl methyl sites for hydroxylation is 1. The fourth-order valence-electron chi connectivity index (χ4n) is 4.23. The molecule has 0 aliphatic carbocycles. The van der Waals surface area contributed by atoms with E-state index in [4.69, 9.17) is 0 Å². The summed E-state index contributed by atoms with van der Waals surface area (Å²) in [6.45, 7) is 8.54. The van der Waals surface area contributed by atoms with Crippen molar-refractivity contribution in [2.24, 2.45) is 4.99 Å². The lowest BCUT2D eigenvalue weighted by molar-refractivity contribution is -0.113. The SMILES string of the molecule is Cc1cc2c3c(c1)[C@@H](C)CC(C)(C)N3C(=O)C2=Nc1ccc(O)cc1. The monoisotopic (exact) mass is 334 g/mol. The fourth-order valence-corrected chi connectivity index (χ4v) is 4.23. The van der Waals surface area contributed by atoms with Crippen LogP contribution in [0.25, 0.3) is 0 Å². The molecule has 4 heteroatoms. The van der Waals surface area contributed by atoms with Crippen molar-refractivity contribution in [3.63, 3.8) is 0 Å². The number of amides is 1. The highest BCUT2D eigenvalue weighted by Gasteiger charge is 2.47. The maximum Gasteiger partial charge on any atom is 0.278 e. The molecular weight excluding hydrogens is 312 g/mol. The molecule has 2 aliphatic rings. The van der Waals surface area contributed by atoms with E-state index in [1.807, 2.05) is 4.90 Å². The van der Waals surface area contributed by atoms with Gasteiger partial charge in [0.25, 0.3) is 5.91 Å². The number of benzene rings is 2. The Morgan fingerprint density at radius 1 is 1.20 bits per heavy atom. The summed E-state index contributed by atoms with van der Waals surface area (Å²) in [7, 11) is 0.